The van der Waals surface area contributed by atoms with Crippen LogP contribution in [0.3, 0.4) is 0 Å². The van der Waals surface area contributed by atoms with Crippen molar-refractivity contribution in [3.8, 4) is 5.75 Å². The van der Waals surface area contributed by atoms with E-state index in [2.05, 4.69) is 9.97 Å². The molecule has 8 nitrogen and oxygen atoms in total. The zero-order chi connectivity index (χ0) is 22.0. The van der Waals surface area contributed by atoms with Crippen LogP contribution >= 0.6 is 11.3 Å². The predicted molar refractivity (Wildman–Crippen MR) is 116 cm³/mol. The first-order chi connectivity index (χ1) is 14.2. The van der Waals surface area contributed by atoms with Crippen LogP contribution in [0.2, 0.25) is 0 Å². The van der Waals surface area contributed by atoms with Crippen molar-refractivity contribution in [1.82, 2.24) is 14.5 Å². The minimum absolute atomic E-state index is 0.150. The number of fused-ring (bicyclic) bond motifs is 1. The molecule has 0 aliphatic heterocycles. The van der Waals surface area contributed by atoms with E-state index in [0.717, 1.165) is 11.3 Å². The number of nitrogens with zero attached hydrogens (tertiary/aromatic N) is 2. The number of hydrogen-bond donors (Lipinski definition) is 1. The van der Waals surface area contributed by atoms with E-state index in [-0.39, 0.29) is 29.9 Å². The van der Waals surface area contributed by atoms with Crippen LogP contribution in [-0.2, 0) is 11.3 Å². The summed E-state index contributed by atoms with van der Waals surface area (Å²) >= 11 is 1.15. The summed E-state index contributed by atoms with van der Waals surface area (Å²) in [6.07, 6.45) is 1.51. The van der Waals surface area contributed by atoms with Crippen LogP contribution in [0.25, 0.3) is 10.2 Å². The number of carbonyl (C=O) groups is 1. The Labute approximate surface area is 177 Å². The maximum atomic E-state index is 13.2. The van der Waals surface area contributed by atoms with Gasteiger partial charge in [0.1, 0.15) is 15.5 Å². The van der Waals surface area contributed by atoms with Crippen molar-refractivity contribution in [2.75, 3.05) is 13.2 Å². The van der Waals surface area contributed by atoms with Gasteiger partial charge in [0.25, 0.3) is 5.56 Å². The van der Waals surface area contributed by atoms with Crippen LogP contribution in [0, 0.1) is 19.8 Å². The molecule has 160 valence electrons. The fourth-order valence-corrected chi connectivity index (χ4v) is 4.14. The predicted octanol–water partition coefficient (Wildman–Crippen LogP) is 3.02. The third-order valence-electron chi connectivity index (χ3n) is 4.54. The van der Waals surface area contributed by atoms with Gasteiger partial charge >= 0.3 is 5.97 Å². The molecule has 0 saturated carbocycles. The van der Waals surface area contributed by atoms with Crippen molar-refractivity contribution < 1.29 is 14.3 Å². The molecule has 1 N–H and O–H groups in total. The van der Waals surface area contributed by atoms with E-state index in [1.807, 2.05) is 13.8 Å². The van der Waals surface area contributed by atoms with Crippen molar-refractivity contribution in [3.63, 3.8) is 0 Å². The number of esters is 1. The fourth-order valence-electron chi connectivity index (χ4n) is 3.03. The molecule has 3 heterocycles. The van der Waals surface area contributed by atoms with Crippen LogP contribution < -0.4 is 15.7 Å². The van der Waals surface area contributed by atoms with Gasteiger partial charge in [-0.25, -0.2) is 9.78 Å². The standard InChI is InChI=1S/C21H25N3O5S/c1-6-28-21(27)18-12(4)17-19(30-18)23-13(5)24(20(17)26)9-14-7-15(25)16(8-22-14)29-10-11(2)3/h7-8,11H,6,9-10H2,1-5H3,(H,22,25). The van der Waals surface area contributed by atoms with Gasteiger partial charge in [0, 0.05) is 18.0 Å². The molecule has 0 aromatic carbocycles. The molecule has 0 saturated heterocycles. The smallest absolute Gasteiger partial charge is 0.348 e. The molecule has 0 atom stereocenters. The van der Waals surface area contributed by atoms with Crippen LogP contribution in [0.5, 0.6) is 5.75 Å². The average Bonchev–Trinajstić information content (AvgIpc) is 3.00. The van der Waals surface area contributed by atoms with E-state index in [4.69, 9.17) is 9.47 Å². The Morgan fingerprint density at radius 1 is 1.30 bits per heavy atom. The second-order valence-electron chi connectivity index (χ2n) is 7.40. The monoisotopic (exact) mass is 431 g/mol. The Balaban J connectivity index is 1.98. The number of carbonyl (C=O) groups excluding carboxylic acids is 1. The van der Waals surface area contributed by atoms with Crippen molar-refractivity contribution in [2.24, 2.45) is 5.92 Å². The number of aromatic amines is 1. The minimum atomic E-state index is -0.456. The second kappa shape index (κ2) is 8.83. The minimum Gasteiger partial charge on any atom is -0.488 e. The highest BCUT2D eigenvalue weighted by Gasteiger charge is 2.21. The number of aromatic nitrogens is 3. The van der Waals surface area contributed by atoms with Gasteiger partial charge in [0.05, 0.1) is 25.1 Å². The van der Waals surface area contributed by atoms with Gasteiger partial charge < -0.3 is 14.5 Å². The van der Waals surface area contributed by atoms with E-state index < -0.39 is 5.97 Å². The van der Waals surface area contributed by atoms with Crippen molar-refractivity contribution >= 4 is 27.5 Å². The van der Waals surface area contributed by atoms with Crippen molar-refractivity contribution in [3.05, 3.63) is 54.8 Å². The van der Waals surface area contributed by atoms with Gasteiger partial charge in [0.15, 0.2) is 5.75 Å². The highest BCUT2D eigenvalue weighted by Crippen LogP contribution is 2.28. The Morgan fingerprint density at radius 2 is 2.03 bits per heavy atom. The number of ether oxygens (including phenoxy) is 2. The summed E-state index contributed by atoms with van der Waals surface area (Å²) in [6.45, 7) is 10.0. The first-order valence-corrected chi connectivity index (χ1v) is 10.6. The second-order valence-corrected chi connectivity index (χ2v) is 8.40. The van der Waals surface area contributed by atoms with E-state index in [0.29, 0.717) is 44.7 Å². The fraction of sp³-hybridized carbons (Fsp3) is 0.429. The normalized spacial score (nSPS) is 11.3. The highest BCUT2D eigenvalue weighted by atomic mass is 32.1. The van der Waals surface area contributed by atoms with Gasteiger partial charge in [0.2, 0.25) is 5.43 Å². The summed E-state index contributed by atoms with van der Waals surface area (Å²) in [4.78, 5) is 46.1. The summed E-state index contributed by atoms with van der Waals surface area (Å²) < 4.78 is 12.1. The third kappa shape index (κ3) is 4.30. The third-order valence-corrected chi connectivity index (χ3v) is 5.71. The van der Waals surface area contributed by atoms with Gasteiger partial charge in [-0.1, -0.05) is 13.8 Å². The van der Waals surface area contributed by atoms with Crippen molar-refractivity contribution in [2.45, 2.75) is 41.2 Å². The van der Waals surface area contributed by atoms with Crippen molar-refractivity contribution in [1.29, 1.82) is 0 Å². The molecule has 0 aliphatic rings. The number of pyridine rings is 1. The topological polar surface area (TPSA) is 103 Å². The number of thiophene rings is 1. The van der Waals surface area contributed by atoms with Gasteiger partial charge in [-0.2, -0.15) is 0 Å². The summed E-state index contributed by atoms with van der Waals surface area (Å²) in [5.41, 5.74) is 0.607. The first-order valence-electron chi connectivity index (χ1n) is 9.75. The zero-order valence-electron chi connectivity index (χ0n) is 17.7. The quantitative estimate of drug-likeness (QED) is 0.577. The largest absolute Gasteiger partial charge is 0.488 e. The SMILES string of the molecule is CCOC(=O)c1sc2nc(C)n(Cc3cc(=O)c(OCC(C)C)c[nH]3)c(=O)c2c1C. The molecule has 9 heteroatoms. The maximum absolute atomic E-state index is 13.2. The van der Waals surface area contributed by atoms with E-state index >= 15 is 0 Å². The lowest BCUT2D eigenvalue weighted by molar-refractivity contribution is 0.0531. The Bertz CT molecular complexity index is 1210. The van der Waals surface area contributed by atoms with Crippen LogP contribution in [0.4, 0.5) is 0 Å². The van der Waals surface area contributed by atoms with Gasteiger partial charge in [-0.15, -0.1) is 11.3 Å². The Kier molecular flexibility index (Phi) is 6.40. The zero-order valence-corrected chi connectivity index (χ0v) is 18.5. The molecule has 0 aliphatic carbocycles. The number of aryl methyl sites for hydroxylation is 2. The molecular weight excluding hydrogens is 406 g/mol. The van der Waals surface area contributed by atoms with Gasteiger partial charge in [-0.05, 0) is 32.3 Å². The number of nitrogens with one attached hydrogen (secondary N) is 1. The molecule has 3 aromatic heterocycles. The average molecular weight is 432 g/mol. The molecule has 30 heavy (non-hydrogen) atoms. The molecule has 0 fully saturated rings. The Morgan fingerprint density at radius 3 is 2.67 bits per heavy atom. The lowest BCUT2D eigenvalue weighted by atomic mass is 10.2. The number of hydrogen-bond acceptors (Lipinski definition) is 7. The molecule has 0 unspecified atom stereocenters. The summed E-state index contributed by atoms with van der Waals surface area (Å²) in [5.74, 6) is 0.586. The molecule has 0 bridgehead atoms. The molecule has 3 aromatic rings. The lowest BCUT2D eigenvalue weighted by Crippen LogP contribution is -2.25. The van der Waals surface area contributed by atoms with E-state index in [9.17, 15) is 14.4 Å². The van der Waals surface area contributed by atoms with E-state index in [1.54, 1.807) is 20.8 Å². The number of rotatable bonds is 7. The summed E-state index contributed by atoms with van der Waals surface area (Å²) in [7, 11) is 0. The molecule has 0 radical (unpaired) electrons. The Hall–Kier alpha value is -2.94. The lowest BCUT2D eigenvalue weighted by Gasteiger charge is -2.11. The number of H-pyrrole nitrogens is 1. The van der Waals surface area contributed by atoms with Gasteiger partial charge in [-0.3, -0.25) is 14.2 Å². The van der Waals surface area contributed by atoms with Crippen LogP contribution in [0.15, 0.2) is 21.9 Å². The molecule has 3 rings (SSSR count). The van der Waals surface area contributed by atoms with Crippen LogP contribution in [-0.4, -0.2) is 33.7 Å². The molecular formula is C21H25N3O5S. The van der Waals surface area contributed by atoms with E-state index in [1.165, 1.54) is 16.8 Å². The molecule has 0 spiro atoms. The first kappa shape index (κ1) is 21.8. The molecule has 0 amide bonds. The summed E-state index contributed by atoms with van der Waals surface area (Å²) in [6, 6.07) is 1.43. The summed E-state index contributed by atoms with van der Waals surface area (Å²) in [5, 5.41) is 0.396. The highest BCUT2D eigenvalue weighted by molar-refractivity contribution is 7.20. The maximum Gasteiger partial charge on any atom is 0.348 e. The van der Waals surface area contributed by atoms with Crippen LogP contribution in [0.1, 0.15) is 47.5 Å².